The molecule has 0 saturated carbocycles. The molecule has 12 nitrogen and oxygen atoms in total. The number of carbonyl (C=O) groups is 2. The van der Waals surface area contributed by atoms with Crippen LogP contribution in [0.15, 0.2) is 41.7 Å². The molecule has 41 heavy (non-hydrogen) atoms. The number of benzene rings is 1. The zero-order valence-corrected chi connectivity index (χ0v) is 23.8. The number of nitrogens with two attached hydrogens (primary N) is 1. The number of phenols is 1. The van der Waals surface area contributed by atoms with Gasteiger partial charge in [0.2, 0.25) is 5.91 Å². The molecule has 1 saturated heterocycles. The predicted octanol–water partition coefficient (Wildman–Crippen LogP) is 2.82. The quantitative estimate of drug-likeness (QED) is 0.315. The number of pyridine rings is 1. The fourth-order valence-electron chi connectivity index (χ4n) is 5.13. The molecule has 0 bridgehead atoms. The van der Waals surface area contributed by atoms with Crippen molar-refractivity contribution in [3.63, 3.8) is 0 Å². The summed E-state index contributed by atoms with van der Waals surface area (Å²) >= 11 is 6.38. The number of nitrogens with zero attached hydrogens (tertiary/aromatic N) is 5. The first-order valence-corrected chi connectivity index (χ1v) is 13.3. The molecule has 1 fully saturated rings. The van der Waals surface area contributed by atoms with E-state index in [1.807, 2.05) is 13.8 Å². The summed E-state index contributed by atoms with van der Waals surface area (Å²) in [6, 6.07) is 4.78. The number of hydrogen-bond acceptors (Lipinski definition) is 8. The number of morpholine rings is 1. The Bertz CT molecular complexity index is 1740. The number of hydrogen-bond donors (Lipinski definition) is 3. The Labute approximate surface area is 240 Å². The lowest BCUT2D eigenvalue weighted by atomic mass is 9.99. The lowest BCUT2D eigenvalue weighted by Gasteiger charge is -2.36. The second-order valence-electron chi connectivity index (χ2n) is 10.3. The summed E-state index contributed by atoms with van der Waals surface area (Å²) < 4.78 is 8.68. The molecule has 3 aromatic heterocycles. The fraction of sp³-hybridized carbons (Fsp3) is 0.321. The Morgan fingerprint density at radius 3 is 2.59 bits per heavy atom. The number of anilines is 2. The molecule has 1 aromatic carbocycles. The number of aromatic hydroxyl groups is 1. The molecule has 0 aliphatic carbocycles. The number of carbonyl (C=O) groups excluding carboxylic acids is 2. The Balaban J connectivity index is 1.49. The molecule has 0 unspecified atom stereocenters. The molecule has 13 heteroatoms. The van der Waals surface area contributed by atoms with Gasteiger partial charge in [0, 0.05) is 38.0 Å². The fourth-order valence-corrected chi connectivity index (χ4v) is 5.28. The first kappa shape index (κ1) is 28.1. The molecule has 1 aliphatic rings. The van der Waals surface area contributed by atoms with Gasteiger partial charge in [0.1, 0.15) is 23.8 Å². The van der Waals surface area contributed by atoms with Gasteiger partial charge in [-0.1, -0.05) is 11.6 Å². The van der Waals surface area contributed by atoms with Gasteiger partial charge in [-0.15, -0.1) is 0 Å². The summed E-state index contributed by atoms with van der Waals surface area (Å²) in [5.74, 6) is -0.780. The largest absolute Gasteiger partial charge is 0.507 e. The molecule has 1 aliphatic heterocycles. The number of ether oxygens (including phenoxy) is 1. The van der Waals surface area contributed by atoms with Gasteiger partial charge in [0.05, 0.1) is 46.4 Å². The Morgan fingerprint density at radius 2 is 1.90 bits per heavy atom. The van der Waals surface area contributed by atoms with Crippen LogP contribution >= 0.6 is 11.6 Å². The van der Waals surface area contributed by atoms with E-state index in [1.165, 1.54) is 23.2 Å². The van der Waals surface area contributed by atoms with Crippen molar-refractivity contribution in [1.29, 1.82) is 0 Å². The molecular formula is C28H30ClN7O5. The number of amides is 2. The van der Waals surface area contributed by atoms with Gasteiger partial charge in [-0.2, -0.15) is 0 Å². The highest BCUT2D eigenvalue weighted by Gasteiger charge is 2.24. The number of nitrogens with one attached hydrogen (secondary N) is 1. The van der Waals surface area contributed by atoms with Crippen molar-refractivity contribution in [2.45, 2.75) is 39.5 Å². The lowest BCUT2D eigenvalue weighted by Crippen LogP contribution is -2.45. The summed E-state index contributed by atoms with van der Waals surface area (Å²) in [6.45, 7) is 6.73. The first-order chi connectivity index (χ1) is 19.4. The maximum atomic E-state index is 13.3. The number of primary amides is 1. The topological polar surface area (TPSA) is 158 Å². The number of aromatic nitrogens is 4. The molecule has 214 valence electrons. The van der Waals surface area contributed by atoms with Crippen molar-refractivity contribution in [1.82, 2.24) is 19.1 Å². The minimum absolute atomic E-state index is 0.0297. The van der Waals surface area contributed by atoms with Crippen LogP contribution < -0.4 is 21.5 Å². The van der Waals surface area contributed by atoms with Crippen LogP contribution in [-0.4, -0.2) is 61.3 Å². The maximum Gasteiger partial charge on any atom is 0.263 e. The average molecular weight is 580 g/mol. The van der Waals surface area contributed by atoms with Crippen molar-refractivity contribution >= 4 is 46.0 Å². The van der Waals surface area contributed by atoms with Crippen molar-refractivity contribution in [2.24, 2.45) is 12.8 Å². The van der Waals surface area contributed by atoms with Crippen LogP contribution in [0.2, 0.25) is 5.02 Å². The van der Waals surface area contributed by atoms with Gasteiger partial charge < -0.3 is 34.9 Å². The van der Waals surface area contributed by atoms with Crippen molar-refractivity contribution in [3.8, 4) is 16.9 Å². The highest BCUT2D eigenvalue weighted by Crippen LogP contribution is 2.33. The summed E-state index contributed by atoms with van der Waals surface area (Å²) in [5.41, 5.74) is 7.04. The number of fused-ring (bicyclic) bond motifs is 1. The van der Waals surface area contributed by atoms with E-state index in [2.05, 4.69) is 20.2 Å². The molecule has 0 spiro atoms. The van der Waals surface area contributed by atoms with E-state index in [4.69, 9.17) is 22.1 Å². The lowest BCUT2D eigenvalue weighted by molar-refractivity contribution is -0.116. The van der Waals surface area contributed by atoms with E-state index in [9.17, 15) is 19.5 Å². The average Bonchev–Trinajstić information content (AvgIpc) is 3.26. The first-order valence-electron chi connectivity index (χ1n) is 13.0. The Hall–Kier alpha value is -4.42. The number of halogens is 1. The van der Waals surface area contributed by atoms with Crippen LogP contribution in [-0.2, 0) is 23.1 Å². The van der Waals surface area contributed by atoms with Gasteiger partial charge in [-0.25, -0.2) is 9.97 Å². The van der Waals surface area contributed by atoms with Crippen LogP contribution in [0.5, 0.6) is 5.75 Å². The third-order valence-electron chi connectivity index (χ3n) is 6.99. The highest BCUT2D eigenvalue weighted by atomic mass is 35.5. The standard InChI is InChI=1S/C28H30ClN7O5/c1-14-5-17(6-18(25(14)38)26(30)39)19-11-36(27-24(19)28(40)34(4)13-32-27)12-23(37)33-21-7-22(31-8-20(21)29)35-9-15(2)41-16(3)10-35/h5-8,11,13,15-16,38H,9-10,12H2,1-4H3,(H2,30,39)(H,31,33,37)/t15-,16+. The van der Waals surface area contributed by atoms with E-state index in [1.54, 1.807) is 36.9 Å². The summed E-state index contributed by atoms with van der Waals surface area (Å²) in [6.07, 6.45) is 4.54. The smallest absolute Gasteiger partial charge is 0.263 e. The van der Waals surface area contributed by atoms with Gasteiger partial charge >= 0.3 is 0 Å². The van der Waals surface area contributed by atoms with E-state index >= 15 is 0 Å². The minimum atomic E-state index is -0.809. The molecule has 4 N–H and O–H groups in total. The summed E-state index contributed by atoms with van der Waals surface area (Å²) in [5, 5.41) is 13.7. The zero-order valence-electron chi connectivity index (χ0n) is 23.0. The molecule has 2 atom stereocenters. The second kappa shape index (κ2) is 10.9. The third kappa shape index (κ3) is 5.48. The molecule has 4 aromatic rings. The van der Waals surface area contributed by atoms with E-state index in [0.29, 0.717) is 41.3 Å². The van der Waals surface area contributed by atoms with Gasteiger partial charge in [-0.3, -0.25) is 14.4 Å². The number of rotatable bonds is 6. The van der Waals surface area contributed by atoms with Gasteiger partial charge in [0.15, 0.2) is 0 Å². The van der Waals surface area contributed by atoms with Crippen LogP contribution in [0.1, 0.15) is 29.8 Å². The van der Waals surface area contributed by atoms with E-state index < -0.39 is 11.8 Å². The number of aryl methyl sites for hydroxylation is 2. The molecule has 4 heterocycles. The summed E-state index contributed by atoms with van der Waals surface area (Å²) in [4.78, 5) is 49.3. The van der Waals surface area contributed by atoms with Crippen LogP contribution in [0, 0.1) is 6.92 Å². The molecule has 2 amide bonds. The van der Waals surface area contributed by atoms with E-state index in [-0.39, 0.29) is 51.7 Å². The van der Waals surface area contributed by atoms with Crippen LogP contribution in [0.3, 0.4) is 0 Å². The van der Waals surface area contributed by atoms with Gasteiger partial charge in [-0.05, 0) is 44.0 Å². The monoisotopic (exact) mass is 579 g/mol. The Morgan fingerprint density at radius 1 is 1.20 bits per heavy atom. The molecule has 5 rings (SSSR count). The summed E-state index contributed by atoms with van der Waals surface area (Å²) in [7, 11) is 1.57. The van der Waals surface area contributed by atoms with Crippen molar-refractivity contribution < 1.29 is 19.4 Å². The Kier molecular flexibility index (Phi) is 7.45. The zero-order chi connectivity index (χ0) is 29.6. The third-order valence-corrected chi connectivity index (χ3v) is 7.29. The molecular weight excluding hydrogens is 550 g/mol. The highest BCUT2D eigenvalue weighted by molar-refractivity contribution is 6.33. The maximum absolute atomic E-state index is 13.3. The predicted molar refractivity (Wildman–Crippen MR) is 155 cm³/mol. The van der Waals surface area contributed by atoms with Crippen LogP contribution in [0.4, 0.5) is 11.5 Å². The van der Waals surface area contributed by atoms with Crippen LogP contribution in [0.25, 0.3) is 22.2 Å². The SMILES string of the molecule is Cc1cc(-c2cn(CC(=O)Nc3cc(N4C[C@@H](C)O[C@@H](C)C4)ncc3Cl)c3ncn(C)c(=O)c23)cc(C(N)=O)c1O. The van der Waals surface area contributed by atoms with Gasteiger partial charge in [0.25, 0.3) is 11.5 Å². The normalized spacial score (nSPS) is 17.1. The minimum Gasteiger partial charge on any atom is -0.507 e. The van der Waals surface area contributed by atoms with E-state index in [0.717, 1.165) is 0 Å². The van der Waals surface area contributed by atoms with Crippen molar-refractivity contribution in [2.75, 3.05) is 23.3 Å². The second-order valence-corrected chi connectivity index (χ2v) is 10.7. The van der Waals surface area contributed by atoms with Crippen molar-refractivity contribution in [3.05, 3.63) is 63.4 Å². The molecule has 0 radical (unpaired) electrons.